The average molecular weight is 244 g/mol. The highest BCUT2D eigenvalue weighted by Crippen LogP contribution is 2.25. The summed E-state index contributed by atoms with van der Waals surface area (Å²) in [7, 11) is -4.64. The van der Waals surface area contributed by atoms with E-state index in [9.17, 15) is 14.4 Å². The summed E-state index contributed by atoms with van der Waals surface area (Å²) in [4.78, 5) is 51.3. The number of carbonyl (C=O) groups is 3. The van der Waals surface area contributed by atoms with Crippen LogP contribution in [0.5, 0.6) is 0 Å². The Morgan fingerprint density at radius 2 is 1.27 bits per heavy atom. The van der Waals surface area contributed by atoms with Gasteiger partial charge in [-0.25, -0.2) is 9.36 Å². The third-order valence-corrected chi connectivity index (χ3v) is 0.804. The van der Waals surface area contributed by atoms with Gasteiger partial charge in [-0.05, 0) is 0 Å². The van der Waals surface area contributed by atoms with Crippen LogP contribution in [0.25, 0.3) is 0 Å². The first-order valence-corrected chi connectivity index (χ1v) is 4.86. The van der Waals surface area contributed by atoms with E-state index in [2.05, 4.69) is 0 Å². The van der Waals surface area contributed by atoms with Gasteiger partial charge in [-0.1, -0.05) is 0 Å². The fourth-order valence-corrected chi connectivity index (χ4v) is 0.327. The molecule has 0 aliphatic rings. The van der Waals surface area contributed by atoms with Crippen molar-refractivity contribution < 1.29 is 43.8 Å². The molecule has 0 spiro atoms. The van der Waals surface area contributed by atoms with Crippen molar-refractivity contribution in [1.82, 2.24) is 0 Å². The molecule has 9 nitrogen and oxygen atoms in total. The summed E-state index contributed by atoms with van der Waals surface area (Å²) >= 11 is 0. The molecule has 0 aromatic heterocycles. The van der Waals surface area contributed by atoms with Crippen LogP contribution in [-0.4, -0.2) is 42.6 Å². The maximum Gasteiger partial charge on any atom is 0.466 e. The molecule has 0 aliphatic carbocycles. The van der Waals surface area contributed by atoms with Gasteiger partial charge in [-0.3, -0.25) is 9.59 Å². The molecule has 10 heteroatoms. The number of carbonyl (C=O) groups excluding carboxylic acids is 1. The predicted octanol–water partition coefficient (Wildman–Crippen LogP) is -1.42. The van der Waals surface area contributed by atoms with Crippen LogP contribution >= 0.6 is 7.82 Å². The zero-order valence-corrected chi connectivity index (χ0v) is 8.12. The average Bonchev–Trinajstić information content (AvgIpc) is 1.96. The number of Topliss-reactive ketones (excluding diaryl/α,β-unsaturated/α-hetero) is 1. The molecule has 15 heavy (non-hydrogen) atoms. The van der Waals surface area contributed by atoms with Gasteiger partial charge in [0.25, 0.3) is 0 Å². The number of ketones is 1. The molecule has 0 amide bonds. The zero-order valence-electron chi connectivity index (χ0n) is 7.23. The van der Waals surface area contributed by atoms with Crippen molar-refractivity contribution in [2.24, 2.45) is 0 Å². The molecule has 0 atom stereocenters. The molecular weight excluding hydrogens is 235 g/mol. The molecule has 0 fully saturated rings. The SMILES string of the molecule is O=C(O)CCC(=O)C(=O)O.O=P(O)(O)O. The van der Waals surface area contributed by atoms with Gasteiger partial charge in [-0.2, -0.15) is 0 Å². The topological polar surface area (TPSA) is 169 Å². The number of aliphatic carboxylic acids is 2. The lowest BCUT2D eigenvalue weighted by Gasteiger charge is -1.88. The van der Waals surface area contributed by atoms with Gasteiger partial charge in [0.15, 0.2) is 0 Å². The smallest absolute Gasteiger partial charge is 0.466 e. The fraction of sp³-hybridized carbons (Fsp3) is 0.400. The highest BCUT2D eigenvalue weighted by atomic mass is 31.2. The summed E-state index contributed by atoms with van der Waals surface area (Å²) in [5.41, 5.74) is 0. The molecule has 5 N–H and O–H groups in total. The minimum atomic E-state index is -4.64. The summed E-state index contributed by atoms with van der Waals surface area (Å²) in [5.74, 6) is -3.82. The maximum atomic E-state index is 10.2. The third kappa shape index (κ3) is 24.5. The first-order chi connectivity index (χ1) is 6.54. The highest BCUT2D eigenvalue weighted by molar-refractivity contribution is 7.45. The standard InChI is InChI=1S/C5H6O5.H3O4P/c6-3(5(9)10)1-2-4(7)8;1-5(2,3)4/h1-2H2,(H,7,8)(H,9,10);(H3,1,2,3,4). The lowest BCUT2D eigenvalue weighted by Crippen LogP contribution is -2.13. The first-order valence-electron chi connectivity index (χ1n) is 3.30. The molecule has 0 saturated heterocycles. The van der Waals surface area contributed by atoms with Gasteiger partial charge in [0.05, 0.1) is 6.42 Å². The van der Waals surface area contributed by atoms with Crippen LogP contribution in [-0.2, 0) is 18.9 Å². The number of phosphoric acid groups is 1. The van der Waals surface area contributed by atoms with Crippen LogP contribution in [0, 0.1) is 0 Å². The number of hydrogen-bond donors (Lipinski definition) is 5. The molecule has 0 aromatic carbocycles. The molecule has 0 heterocycles. The van der Waals surface area contributed by atoms with E-state index in [4.69, 9.17) is 29.5 Å². The van der Waals surface area contributed by atoms with Gasteiger partial charge >= 0.3 is 19.8 Å². The largest absolute Gasteiger partial charge is 0.481 e. The Kier molecular flexibility index (Phi) is 7.62. The predicted molar refractivity (Wildman–Crippen MR) is 43.8 cm³/mol. The van der Waals surface area contributed by atoms with E-state index in [1.807, 2.05) is 0 Å². The molecule has 88 valence electrons. The minimum Gasteiger partial charge on any atom is -0.481 e. The molecule has 0 unspecified atom stereocenters. The van der Waals surface area contributed by atoms with Crippen LogP contribution in [0.1, 0.15) is 12.8 Å². The minimum absolute atomic E-state index is 0.425. The van der Waals surface area contributed by atoms with Gasteiger partial charge in [-0.15, -0.1) is 0 Å². The molecule has 0 rings (SSSR count). The number of rotatable bonds is 4. The second kappa shape index (κ2) is 7.07. The van der Waals surface area contributed by atoms with E-state index in [-0.39, 0.29) is 0 Å². The molecule has 0 aromatic rings. The second-order valence-corrected chi connectivity index (χ2v) is 3.16. The zero-order chi connectivity index (χ0) is 12.6. The first kappa shape index (κ1) is 16.2. The van der Waals surface area contributed by atoms with Gasteiger partial charge in [0, 0.05) is 6.42 Å². The van der Waals surface area contributed by atoms with E-state index < -0.39 is 38.4 Å². The van der Waals surface area contributed by atoms with E-state index in [0.29, 0.717) is 0 Å². The molecule has 0 bridgehead atoms. The van der Waals surface area contributed by atoms with E-state index >= 15 is 0 Å². The third-order valence-electron chi connectivity index (χ3n) is 0.804. The van der Waals surface area contributed by atoms with Crippen LogP contribution in [0.15, 0.2) is 0 Å². The lowest BCUT2D eigenvalue weighted by molar-refractivity contribution is -0.149. The van der Waals surface area contributed by atoms with Gasteiger partial charge in [0.2, 0.25) is 5.78 Å². The Hall–Kier alpha value is -1.28. The summed E-state index contributed by atoms with van der Waals surface area (Å²) in [6, 6.07) is 0. The summed E-state index contributed by atoms with van der Waals surface area (Å²) in [5, 5.41) is 16.0. The van der Waals surface area contributed by atoms with Crippen LogP contribution in [0.3, 0.4) is 0 Å². The van der Waals surface area contributed by atoms with E-state index in [0.717, 1.165) is 0 Å². The maximum absolute atomic E-state index is 10.2. The summed E-state index contributed by atoms with van der Waals surface area (Å²) in [6.07, 6.45) is -0.865. The van der Waals surface area contributed by atoms with E-state index in [1.165, 1.54) is 0 Å². The van der Waals surface area contributed by atoms with Crippen molar-refractivity contribution in [1.29, 1.82) is 0 Å². The van der Waals surface area contributed by atoms with Crippen molar-refractivity contribution in [3.8, 4) is 0 Å². The fourth-order valence-electron chi connectivity index (χ4n) is 0.327. The Morgan fingerprint density at radius 1 is 0.933 bits per heavy atom. The number of hydrogen-bond acceptors (Lipinski definition) is 4. The Morgan fingerprint density at radius 3 is 1.47 bits per heavy atom. The van der Waals surface area contributed by atoms with E-state index in [1.54, 1.807) is 0 Å². The Bertz CT molecular complexity index is 281. The number of carboxylic acids is 2. The van der Waals surface area contributed by atoms with Crippen molar-refractivity contribution in [2.75, 3.05) is 0 Å². The highest BCUT2D eigenvalue weighted by Gasteiger charge is 2.12. The number of carboxylic acid groups (broad SMARTS) is 2. The monoisotopic (exact) mass is 244 g/mol. The van der Waals surface area contributed by atoms with Crippen molar-refractivity contribution in [3.63, 3.8) is 0 Å². The molecule has 0 saturated carbocycles. The second-order valence-electron chi connectivity index (χ2n) is 2.14. The normalized spacial score (nSPS) is 9.80. The van der Waals surface area contributed by atoms with Gasteiger partial charge in [0.1, 0.15) is 0 Å². The van der Waals surface area contributed by atoms with Gasteiger partial charge < -0.3 is 24.9 Å². The van der Waals surface area contributed by atoms with Crippen LogP contribution in [0.4, 0.5) is 0 Å². The van der Waals surface area contributed by atoms with Crippen molar-refractivity contribution >= 4 is 25.5 Å². The molecule has 0 radical (unpaired) electrons. The van der Waals surface area contributed by atoms with Crippen molar-refractivity contribution in [2.45, 2.75) is 12.8 Å². The van der Waals surface area contributed by atoms with Crippen molar-refractivity contribution in [3.05, 3.63) is 0 Å². The quantitative estimate of drug-likeness (QED) is 0.294. The molecule has 0 aliphatic heterocycles. The molecular formula is C5H9O9P. The lowest BCUT2D eigenvalue weighted by atomic mass is 10.2. The summed E-state index contributed by atoms with van der Waals surface area (Å²) in [6.45, 7) is 0. The van der Waals surface area contributed by atoms with Crippen LogP contribution < -0.4 is 0 Å². The summed E-state index contributed by atoms with van der Waals surface area (Å²) < 4.78 is 8.88. The van der Waals surface area contributed by atoms with Crippen LogP contribution in [0.2, 0.25) is 0 Å². The Labute approximate surface area is 83.2 Å². The Balaban J connectivity index is 0.